The van der Waals surface area contributed by atoms with E-state index in [9.17, 15) is 0 Å². The summed E-state index contributed by atoms with van der Waals surface area (Å²) in [6.45, 7) is 0.915. The number of benzene rings is 1. The quantitative estimate of drug-likeness (QED) is 0.711. The predicted octanol–water partition coefficient (Wildman–Crippen LogP) is 3.86. The van der Waals surface area contributed by atoms with Crippen molar-refractivity contribution in [2.24, 2.45) is 0 Å². The van der Waals surface area contributed by atoms with E-state index in [0.29, 0.717) is 0 Å². The lowest BCUT2D eigenvalue weighted by molar-refractivity contribution is 0.414. The molecule has 3 aromatic rings. The van der Waals surface area contributed by atoms with E-state index in [-0.39, 0.29) is 0 Å². The van der Waals surface area contributed by atoms with Crippen molar-refractivity contribution in [2.75, 3.05) is 7.11 Å². The first-order valence-electron chi connectivity index (χ1n) is 6.53. The number of aryl methyl sites for hydroxylation is 2. The van der Waals surface area contributed by atoms with Crippen LogP contribution in [0.5, 0.6) is 5.75 Å². The van der Waals surface area contributed by atoms with Crippen LogP contribution in [0.15, 0.2) is 53.5 Å². The van der Waals surface area contributed by atoms with E-state index in [1.165, 1.54) is 11.1 Å². The summed E-state index contributed by atoms with van der Waals surface area (Å²) < 4.78 is 7.45. The fourth-order valence-corrected chi connectivity index (χ4v) is 2.85. The van der Waals surface area contributed by atoms with Gasteiger partial charge in [0.05, 0.1) is 7.11 Å². The Hall–Kier alpha value is -2.07. The van der Waals surface area contributed by atoms with E-state index >= 15 is 0 Å². The zero-order valence-electron chi connectivity index (χ0n) is 11.3. The minimum Gasteiger partial charge on any atom is -0.497 e. The van der Waals surface area contributed by atoms with Gasteiger partial charge in [-0.3, -0.25) is 0 Å². The number of hydrogen-bond acceptors (Lipinski definition) is 3. The maximum Gasteiger partial charge on any atom is 0.140 e. The SMILES string of the molecule is COc1cccc(CCn2ccnc2-c2ccsc2)c1. The molecule has 20 heavy (non-hydrogen) atoms. The van der Waals surface area contributed by atoms with Crippen LogP contribution in [0.2, 0.25) is 0 Å². The summed E-state index contributed by atoms with van der Waals surface area (Å²) >= 11 is 1.70. The Morgan fingerprint density at radius 1 is 1.30 bits per heavy atom. The van der Waals surface area contributed by atoms with Gasteiger partial charge in [0.1, 0.15) is 11.6 Å². The molecule has 1 aromatic carbocycles. The fraction of sp³-hybridized carbons (Fsp3) is 0.188. The lowest BCUT2D eigenvalue weighted by Gasteiger charge is -2.08. The lowest BCUT2D eigenvalue weighted by Crippen LogP contribution is -2.02. The zero-order chi connectivity index (χ0) is 13.8. The summed E-state index contributed by atoms with van der Waals surface area (Å²) in [5, 5.41) is 4.21. The van der Waals surface area contributed by atoms with Crippen molar-refractivity contribution in [3.63, 3.8) is 0 Å². The summed E-state index contributed by atoms with van der Waals surface area (Å²) in [5.41, 5.74) is 2.46. The van der Waals surface area contributed by atoms with Crippen LogP contribution in [-0.2, 0) is 13.0 Å². The van der Waals surface area contributed by atoms with Gasteiger partial charge in [0.15, 0.2) is 0 Å². The maximum atomic E-state index is 5.26. The van der Waals surface area contributed by atoms with Gasteiger partial charge in [-0.2, -0.15) is 11.3 Å². The van der Waals surface area contributed by atoms with Crippen LogP contribution in [0.4, 0.5) is 0 Å². The van der Waals surface area contributed by atoms with Crippen molar-refractivity contribution in [1.82, 2.24) is 9.55 Å². The smallest absolute Gasteiger partial charge is 0.140 e. The van der Waals surface area contributed by atoms with E-state index in [1.807, 2.05) is 24.5 Å². The van der Waals surface area contributed by atoms with Crippen molar-refractivity contribution in [2.45, 2.75) is 13.0 Å². The molecule has 0 fully saturated rings. The number of nitrogens with zero attached hydrogens (tertiary/aromatic N) is 2. The predicted molar refractivity (Wildman–Crippen MR) is 82.2 cm³/mol. The van der Waals surface area contributed by atoms with Gasteiger partial charge in [0.25, 0.3) is 0 Å². The van der Waals surface area contributed by atoms with Crippen LogP contribution >= 0.6 is 11.3 Å². The third-order valence-electron chi connectivity index (χ3n) is 3.27. The Labute approximate surface area is 122 Å². The largest absolute Gasteiger partial charge is 0.497 e. The summed E-state index contributed by atoms with van der Waals surface area (Å²) in [7, 11) is 1.70. The third kappa shape index (κ3) is 2.75. The van der Waals surface area contributed by atoms with Crippen LogP contribution in [0.3, 0.4) is 0 Å². The van der Waals surface area contributed by atoms with Crippen molar-refractivity contribution in [1.29, 1.82) is 0 Å². The van der Waals surface area contributed by atoms with E-state index in [0.717, 1.165) is 24.5 Å². The standard InChI is InChI=1S/C16H16N2OS/c1-19-15-4-2-3-13(11-15)5-8-18-9-7-17-16(18)14-6-10-20-12-14/h2-4,6-7,9-12H,5,8H2,1H3. The van der Waals surface area contributed by atoms with Crippen molar-refractivity contribution < 1.29 is 4.74 Å². The highest BCUT2D eigenvalue weighted by atomic mass is 32.1. The highest BCUT2D eigenvalue weighted by Crippen LogP contribution is 2.21. The van der Waals surface area contributed by atoms with E-state index in [1.54, 1.807) is 18.4 Å². The molecule has 0 atom stereocenters. The van der Waals surface area contributed by atoms with Crippen LogP contribution in [0, 0.1) is 0 Å². The minimum atomic E-state index is 0.909. The van der Waals surface area contributed by atoms with E-state index in [2.05, 4.69) is 38.5 Å². The van der Waals surface area contributed by atoms with E-state index in [4.69, 9.17) is 4.74 Å². The van der Waals surface area contributed by atoms with Crippen LogP contribution in [0.1, 0.15) is 5.56 Å². The number of methoxy groups -OCH3 is 1. The molecule has 0 saturated heterocycles. The average molecular weight is 284 g/mol. The monoisotopic (exact) mass is 284 g/mol. The molecule has 3 nitrogen and oxygen atoms in total. The van der Waals surface area contributed by atoms with Gasteiger partial charge in [-0.15, -0.1) is 0 Å². The second-order valence-electron chi connectivity index (χ2n) is 4.56. The number of thiophene rings is 1. The molecule has 0 aliphatic rings. The summed E-state index contributed by atoms with van der Waals surface area (Å²) in [5.74, 6) is 1.94. The van der Waals surface area contributed by atoms with Gasteiger partial charge in [-0.25, -0.2) is 4.98 Å². The molecule has 0 unspecified atom stereocenters. The lowest BCUT2D eigenvalue weighted by atomic mass is 10.1. The molecule has 0 bridgehead atoms. The Bertz CT molecular complexity index is 673. The molecule has 0 aliphatic heterocycles. The first-order chi connectivity index (χ1) is 9.86. The van der Waals surface area contributed by atoms with Gasteiger partial charge in [-0.1, -0.05) is 12.1 Å². The van der Waals surface area contributed by atoms with Crippen LogP contribution < -0.4 is 4.74 Å². The summed E-state index contributed by atoms with van der Waals surface area (Å²) in [6.07, 6.45) is 4.86. The molecule has 2 heterocycles. The number of rotatable bonds is 5. The Morgan fingerprint density at radius 3 is 3.05 bits per heavy atom. The number of aromatic nitrogens is 2. The summed E-state index contributed by atoms with van der Waals surface area (Å²) in [4.78, 5) is 4.45. The van der Waals surface area contributed by atoms with E-state index < -0.39 is 0 Å². The molecule has 4 heteroatoms. The van der Waals surface area contributed by atoms with Crippen LogP contribution in [-0.4, -0.2) is 16.7 Å². The molecule has 3 rings (SSSR count). The molecular formula is C16H16N2OS. The van der Waals surface area contributed by atoms with Gasteiger partial charge in [0, 0.05) is 29.9 Å². The topological polar surface area (TPSA) is 27.1 Å². The Kier molecular flexibility index (Phi) is 3.83. The normalized spacial score (nSPS) is 10.7. The minimum absolute atomic E-state index is 0.909. The number of ether oxygens (including phenoxy) is 1. The highest BCUT2D eigenvalue weighted by molar-refractivity contribution is 7.08. The first kappa shape index (κ1) is 12.9. The molecule has 0 spiro atoms. The molecule has 2 aromatic heterocycles. The first-order valence-corrected chi connectivity index (χ1v) is 7.48. The van der Waals surface area contributed by atoms with Crippen molar-refractivity contribution in [3.05, 3.63) is 59.0 Å². The Morgan fingerprint density at radius 2 is 2.25 bits per heavy atom. The molecule has 0 amide bonds. The molecule has 0 saturated carbocycles. The molecule has 0 N–H and O–H groups in total. The zero-order valence-corrected chi connectivity index (χ0v) is 12.1. The third-order valence-corrected chi connectivity index (χ3v) is 3.95. The Balaban J connectivity index is 1.74. The average Bonchev–Trinajstić information content (AvgIpc) is 3.16. The summed E-state index contributed by atoms with van der Waals surface area (Å²) in [6, 6.07) is 10.3. The van der Waals surface area contributed by atoms with Gasteiger partial charge >= 0.3 is 0 Å². The fourth-order valence-electron chi connectivity index (χ4n) is 2.22. The van der Waals surface area contributed by atoms with Gasteiger partial charge in [0.2, 0.25) is 0 Å². The van der Waals surface area contributed by atoms with Crippen LogP contribution in [0.25, 0.3) is 11.4 Å². The van der Waals surface area contributed by atoms with Crippen molar-refractivity contribution >= 4 is 11.3 Å². The maximum absolute atomic E-state index is 5.26. The number of imidazole rings is 1. The second kappa shape index (κ2) is 5.92. The van der Waals surface area contributed by atoms with Gasteiger partial charge < -0.3 is 9.30 Å². The second-order valence-corrected chi connectivity index (χ2v) is 5.34. The van der Waals surface area contributed by atoms with Gasteiger partial charge in [-0.05, 0) is 35.6 Å². The molecule has 0 radical (unpaired) electrons. The molecular weight excluding hydrogens is 268 g/mol. The highest BCUT2D eigenvalue weighted by Gasteiger charge is 2.06. The molecule has 102 valence electrons. The molecule has 0 aliphatic carbocycles. The van der Waals surface area contributed by atoms with Crippen molar-refractivity contribution in [3.8, 4) is 17.1 Å². The number of hydrogen-bond donors (Lipinski definition) is 0.